The summed E-state index contributed by atoms with van der Waals surface area (Å²) in [6.45, 7) is 3.96. The highest BCUT2D eigenvalue weighted by Crippen LogP contribution is 2.18. The minimum Gasteiger partial charge on any atom is -0.379 e. The van der Waals surface area contributed by atoms with Crippen molar-refractivity contribution in [3.05, 3.63) is 35.7 Å². The van der Waals surface area contributed by atoms with Crippen molar-refractivity contribution in [2.75, 3.05) is 38.6 Å². The van der Waals surface area contributed by atoms with Crippen LogP contribution in [0.5, 0.6) is 0 Å². The second-order valence-electron chi connectivity index (χ2n) is 6.56. The van der Waals surface area contributed by atoms with Gasteiger partial charge in [-0.05, 0) is 31.0 Å². The van der Waals surface area contributed by atoms with Crippen LogP contribution >= 0.6 is 11.8 Å². The third kappa shape index (κ3) is 6.26. The molecule has 2 aromatic rings. The minimum atomic E-state index is -3.49. The van der Waals surface area contributed by atoms with E-state index in [0.29, 0.717) is 56.6 Å². The van der Waals surface area contributed by atoms with Crippen molar-refractivity contribution in [1.82, 2.24) is 24.8 Å². The molecule has 0 saturated carbocycles. The van der Waals surface area contributed by atoms with Crippen LogP contribution in [0.2, 0.25) is 0 Å². The molecule has 9 nitrogen and oxygen atoms in total. The standard InChI is InChI=1S/C18H25N5O4S2/c1-14-20-18(22-21-14)28-13-8-19-17(24)7-4-15-2-5-16(6-3-15)29(25,26)23-9-11-27-12-10-23/h2-3,5-6H,4,7-13H2,1H3,(H,19,24)(H,20,21,22). The maximum absolute atomic E-state index is 12.6. The van der Waals surface area contributed by atoms with Gasteiger partial charge in [0.25, 0.3) is 0 Å². The van der Waals surface area contributed by atoms with Crippen LogP contribution < -0.4 is 5.32 Å². The highest BCUT2D eigenvalue weighted by atomic mass is 32.2. The number of hydrogen-bond acceptors (Lipinski definition) is 7. The van der Waals surface area contributed by atoms with Crippen molar-refractivity contribution in [3.8, 4) is 0 Å². The molecule has 1 aromatic heterocycles. The Bertz CT molecular complexity index is 909. The summed E-state index contributed by atoms with van der Waals surface area (Å²) >= 11 is 1.48. The molecule has 11 heteroatoms. The average molecular weight is 440 g/mol. The third-order valence-corrected chi connectivity index (χ3v) is 7.17. The summed E-state index contributed by atoms with van der Waals surface area (Å²) in [5.74, 6) is 1.42. The van der Waals surface area contributed by atoms with Gasteiger partial charge in [-0.3, -0.25) is 9.89 Å². The quantitative estimate of drug-likeness (QED) is 0.442. The summed E-state index contributed by atoms with van der Waals surface area (Å²) in [5, 5.41) is 10.3. The zero-order valence-electron chi connectivity index (χ0n) is 16.3. The number of ether oxygens (including phenoxy) is 1. The van der Waals surface area contributed by atoms with Gasteiger partial charge < -0.3 is 10.1 Å². The summed E-state index contributed by atoms with van der Waals surface area (Å²) in [6.07, 6.45) is 0.900. The van der Waals surface area contributed by atoms with E-state index in [-0.39, 0.29) is 10.8 Å². The van der Waals surface area contributed by atoms with Crippen LogP contribution in [0, 0.1) is 6.92 Å². The summed E-state index contributed by atoms with van der Waals surface area (Å²) < 4.78 is 31.9. The summed E-state index contributed by atoms with van der Waals surface area (Å²) in [5.41, 5.74) is 0.923. The molecule has 2 heterocycles. The van der Waals surface area contributed by atoms with Gasteiger partial charge in [-0.15, -0.1) is 5.10 Å². The number of amides is 1. The van der Waals surface area contributed by atoms with Crippen molar-refractivity contribution in [2.45, 2.75) is 29.8 Å². The molecular weight excluding hydrogens is 414 g/mol. The topological polar surface area (TPSA) is 117 Å². The molecule has 0 aliphatic carbocycles. The van der Waals surface area contributed by atoms with Crippen LogP contribution in [-0.2, 0) is 26.0 Å². The van der Waals surface area contributed by atoms with Crippen LogP contribution in [0.15, 0.2) is 34.3 Å². The number of aryl methyl sites for hydroxylation is 2. The summed E-state index contributed by atoms with van der Waals surface area (Å²) in [7, 11) is -3.49. The van der Waals surface area contributed by atoms with Gasteiger partial charge in [0.1, 0.15) is 5.82 Å². The molecule has 0 unspecified atom stereocenters. The van der Waals surface area contributed by atoms with Gasteiger partial charge in [0.15, 0.2) is 0 Å². The fraction of sp³-hybridized carbons (Fsp3) is 0.500. The Kier molecular flexibility index (Phi) is 7.64. The number of carbonyl (C=O) groups is 1. The van der Waals surface area contributed by atoms with Gasteiger partial charge >= 0.3 is 0 Å². The maximum atomic E-state index is 12.6. The molecule has 1 saturated heterocycles. The number of nitrogens with zero attached hydrogens (tertiary/aromatic N) is 3. The lowest BCUT2D eigenvalue weighted by atomic mass is 10.1. The Morgan fingerprint density at radius 1 is 1.28 bits per heavy atom. The van der Waals surface area contributed by atoms with Gasteiger partial charge in [0, 0.05) is 31.8 Å². The maximum Gasteiger partial charge on any atom is 0.243 e. The Balaban J connectivity index is 1.40. The van der Waals surface area contributed by atoms with E-state index in [1.54, 1.807) is 24.3 Å². The molecule has 3 rings (SSSR count). The molecule has 0 spiro atoms. The zero-order chi connectivity index (χ0) is 20.7. The van der Waals surface area contributed by atoms with Crippen molar-refractivity contribution < 1.29 is 17.9 Å². The van der Waals surface area contributed by atoms with E-state index in [2.05, 4.69) is 20.5 Å². The van der Waals surface area contributed by atoms with E-state index in [0.717, 1.165) is 11.4 Å². The fourth-order valence-electron chi connectivity index (χ4n) is 2.83. The van der Waals surface area contributed by atoms with Gasteiger partial charge in [-0.2, -0.15) is 4.31 Å². The first-order valence-electron chi connectivity index (χ1n) is 9.40. The number of benzene rings is 1. The van der Waals surface area contributed by atoms with E-state index < -0.39 is 10.0 Å². The number of aromatic nitrogens is 3. The lowest BCUT2D eigenvalue weighted by molar-refractivity contribution is -0.120. The number of aromatic amines is 1. The predicted molar refractivity (Wildman–Crippen MR) is 109 cm³/mol. The molecule has 2 N–H and O–H groups in total. The van der Waals surface area contributed by atoms with Crippen LogP contribution in [-0.4, -0.2) is 72.4 Å². The molecule has 1 aliphatic rings. The van der Waals surface area contributed by atoms with Crippen LogP contribution in [0.25, 0.3) is 0 Å². The molecule has 0 atom stereocenters. The van der Waals surface area contributed by atoms with Crippen molar-refractivity contribution in [2.24, 2.45) is 0 Å². The monoisotopic (exact) mass is 439 g/mol. The molecule has 1 fully saturated rings. The van der Waals surface area contributed by atoms with Gasteiger partial charge in [-0.1, -0.05) is 23.9 Å². The van der Waals surface area contributed by atoms with Gasteiger partial charge in [0.2, 0.25) is 21.1 Å². The lowest BCUT2D eigenvalue weighted by Crippen LogP contribution is -2.40. The summed E-state index contributed by atoms with van der Waals surface area (Å²) in [6, 6.07) is 6.74. The number of hydrogen-bond donors (Lipinski definition) is 2. The normalized spacial score (nSPS) is 15.3. The summed E-state index contributed by atoms with van der Waals surface area (Å²) in [4.78, 5) is 16.5. The zero-order valence-corrected chi connectivity index (χ0v) is 17.9. The van der Waals surface area contributed by atoms with Gasteiger partial charge in [-0.25, -0.2) is 13.4 Å². The first kappa shape index (κ1) is 21.8. The highest BCUT2D eigenvalue weighted by molar-refractivity contribution is 7.99. The Hall–Kier alpha value is -1.95. The molecular formula is C18H25N5O4S2. The first-order valence-corrected chi connectivity index (χ1v) is 11.8. The highest BCUT2D eigenvalue weighted by Gasteiger charge is 2.26. The molecule has 158 valence electrons. The third-order valence-electron chi connectivity index (χ3n) is 4.40. The molecule has 1 aliphatic heterocycles. The molecule has 0 bridgehead atoms. The SMILES string of the molecule is Cc1nc(SCCNC(=O)CCc2ccc(S(=O)(=O)N3CCOCC3)cc2)n[nH]1. The number of rotatable bonds is 9. The van der Waals surface area contributed by atoms with E-state index in [1.165, 1.54) is 16.1 Å². The first-order chi connectivity index (χ1) is 13.9. The largest absolute Gasteiger partial charge is 0.379 e. The smallest absolute Gasteiger partial charge is 0.243 e. The van der Waals surface area contributed by atoms with E-state index in [4.69, 9.17) is 4.74 Å². The van der Waals surface area contributed by atoms with E-state index in [1.807, 2.05) is 6.92 Å². The Morgan fingerprint density at radius 3 is 2.66 bits per heavy atom. The number of sulfonamides is 1. The average Bonchev–Trinajstić information content (AvgIpc) is 3.15. The number of morpholine rings is 1. The van der Waals surface area contributed by atoms with Crippen LogP contribution in [0.1, 0.15) is 17.8 Å². The lowest BCUT2D eigenvalue weighted by Gasteiger charge is -2.26. The van der Waals surface area contributed by atoms with E-state index in [9.17, 15) is 13.2 Å². The fourth-order valence-corrected chi connectivity index (χ4v) is 4.94. The van der Waals surface area contributed by atoms with Gasteiger partial charge in [0.05, 0.1) is 18.1 Å². The Morgan fingerprint density at radius 2 is 2.00 bits per heavy atom. The van der Waals surface area contributed by atoms with Crippen molar-refractivity contribution >= 4 is 27.7 Å². The number of H-pyrrole nitrogens is 1. The minimum absolute atomic E-state index is 0.0400. The molecule has 0 radical (unpaired) electrons. The van der Waals surface area contributed by atoms with Crippen molar-refractivity contribution in [3.63, 3.8) is 0 Å². The van der Waals surface area contributed by atoms with E-state index >= 15 is 0 Å². The second-order valence-corrected chi connectivity index (χ2v) is 9.56. The molecule has 29 heavy (non-hydrogen) atoms. The molecule has 1 amide bonds. The van der Waals surface area contributed by atoms with Crippen LogP contribution in [0.3, 0.4) is 0 Å². The van der Waals surface area contributed by atoms with Crippen molar-refractivity contribution in [1.29, 1.82) is 0 Å². The predicted octanol–water partition coefficient (Wildman–Crippen LogP) is 0.975. The second kappa shape index (κ2) is 10.2. The Labute approximate surface area is 174 Å². The van der Waals surface area contributed by atoms with Crippen LogP contribution in [0.4, 0.5) is 0 Å². The molecule has 1 aromatic carbocycles. The number of nitrogens with one attached hydrogen (secondary N) is 2. The number of carbonyl (C=O) groups excluding carboxylic acids is 1. The number of thioether (sulfide) groups is 1.